The van der Waals surface area contributed by atoms with Gasteiger partial charge in [-0.05, 0) is 33.4 Å². The van der Waals surface area contributed by atoms with E-state index in [4.69, 9.17) is 4.74 Å². The first-order chi connectivity index (χ1) is 11.2. The summed E-state index contributed by atoms with van der Waals surface area (Å²) in [7, 11) is 5.82. The topological polar surface area (TPSA) is 48.1 Å². The predicted octanol–water partition coefficient (Wildman–Crippen LogP) is 1.47. The first-order valence-corrected chi connectivity index (χ1v) is 9.17. The summed E-state index contributed by atoms with van der Waals surface area (Å²) in [6, 6.07) is 0.208. The lowest BCUT2D eigenvalue weighted by Crippen LogP contribution is -2.69. The van der Waals surface area contributed by atoms with Crippen molar-refractivity contribution in [1.82, 2.24) is 20.0 Å². The van der Waals surface area contributed by atoms with Gasteiger partial charge in [-0.15, -0.1) is 0 Å². The van der Waals surface area contributed by atoms with Crippen LogP contribution in [0.1, 0.15) is 33.6 Å². The molecule has 6 nitrogen and oxygen atoms in total. The van der Waals surface area contributed by atoms with Gasteiger partial charge in [0.2, 0.25) is 0 Å². The van der Waals surface area contributed by atoms with E-state index in [0.29, 0.717) is 0 Å². The van der Waals surface area contributed by atoms with Crippen LogP contribution in [0.25, 0.3) is 0 Å². The van der Waals surface area contributed by atoms with Crippen LogP contribution in [-0.4, -0.2) is 92.8 Å². The molecule has 2 atom stereocenters. The van der Waals surface area contributed by atoms with Crippen LogP contribution in [0.2, 0.25) is 0 Å². The van der Waals surface area contributed by atoms with Crippen LogP contribution in [0.3, 0.4) is 0 Å². The van der Waals surface area contributed by atoms with Crippen LogP contribution in [0.15, 0.2) is 0 Å². The maximum absolute atomic E-state index is 12.4. The molecule has 1 aliphatic carbocycles. The Labute approximate surface area is 147 Å². The van der Waals surface area contributed by atoms with Crippen molar-refractivity contribution in [2.24, 2.45) is 5.41 Å². The molecule has 0 unspecified atom stereocenters. The van der Waals surface area contributed by atoms with Crippen molar-refractivity contribution in [3.8, 4) is 0 Å². The number of nitrogens with zero attached hydrogens (tertiary/aromatic N) is 3. The summed E-state index contributed by atoms with van der Waals surface area (Å²) >= 11 is 0. The van der Waals surface area contributed by atoms with Crippen molar-refractivity contribution in [2.75, 3.05) is 60.5 Å². The van der Waals surface area contributed by atoms with E-state index in [2.05, 4.69) is 42.9 Å². The average molecular weight is 341 g/mol. The Kier molecular flexibility index (Phi) is 6.15. The fourth-order valence-corrected chi connectivity index (χ4v) is 3.69. The fourth-order valence-electron chi connectivity index (χ4n) is 3.69. The van der Waals surface area contributed by atoms with Crippen LogP contribution >= 0.6 is 0 Å². The van der Waals surface area contributed by atoms with Crippen LogP contribution < -0.4 is 5.32 Å². The molecule has 0 aromatic carbocycles. The molecule has 0 radical (unpaired) electrons. The van der Waals surface area contributed by atoms with Crippen LogP contribution in [0, 0.1) is 5.41 Å². The minimum Gasteiger partial charge on any atom is -0.378 e. The van der Waals surface area contributed by atoms with Gasteiger partial charge >= 0.3 is 6.03 Å². The predicted molar refractivity (Wildman–Crippen MR) is 97.3 cm³/mol. The molecule has 2 aliphatic rings. The Balaban J connectivity index is 1.68. The molecule has 1 N–H and O–H groups in total. The smallest absolute Gasteiger partial charge is 0.317 e. The second-order valence-electron chi connectivity index (χ2n) is 8.28. The second kappa shape index (κ2) is 7.58. The van der Waals surface area contributed by atoms with Gasteiger partial charge in [-0.3, -0.25) is 0 Å². The van der Waals surface area contributed by atoms with Gasteiger partial charge in [-0.25, -0.2) is 4.79 Å². The summed E-state index contributed by atoms with van der Waals surface area (Å²) in [5.41, 5.74) is -0.191. The maximum Gasteiger partial charge on any atom is 0.317 e. The van der Waals surface area contributed by atoms with E-state index in [-0.39, 0.29) is 23.1 Å². The fraction of sp³-hybridized carbons (Fsp3) is 0.944. The van der Waals surface area contributed by atoms with Crippen LogP contribution in [0.5, 0.6) is 0 Å². The SMILES string of the molecule is CO[C@@]1(C)C[C@H](NC(=O)N(C)CCCN2CCN(C)CC2)C1(C)C. The van der Waals surface area contributed by atoms with Gasteiger partial charge in [-0.2, -0.15) is 0 Å². The second-order valence-corrected chi connectivity index (χ2v) is 8.28. The largest absolute Gasteiger partial charge is 0.378 e. The quantitative estimate of drug-likeness (QED) is 0.795. The van der Waals surface area contributed by atoms with Gasteiger partial charge in [0, 0.05) is 58.3 Å². The number of hydrogen-bond acceptors (Lipinski definition) is 4. The molecule has 1 aliphatic heterocycles. The van der Waals surface area contributed by atoms with Crippen molar-refractivity contribution in [3.63, 3.8) is 0 Å². The highest BCUT2D eigenvalue weighted by atomic mass is 16.5. The van der Waals surface area contributed by atoms with Crippen molar-refractivity contribution >= 4 is 6.03 Å². The monoisotopic (exact) mass is 340 g/mol. The summed E-state index contributed by atoms with van der Waals surface area (Å²) < 4.78 is 5.63. The molecule has 1 heterocycles. The van der Waals surface area contributed by atoms with E-state index in [9.17, 15) is 4.79 Å². The summed E-state index contributed by atoms with van der Waals surface area (Å²) in [6.45, 7) is 12.9. The molecule has 24 heavy (non-hydrogen) atoms. The molecule has 2 rings (SSSR count). The van der Waals surface area contributed by atoms with E-state index in [1.807, 2.05) is 11.9 Å². The highest BCUT2D eigenvalue weighted by Gasteiger charge is 2.58. The highest BCUT2D eigenvalue weighted by molar-refractivity contribution is 5.74. The molecule has 0 aromatic heterocycles. The number of hydrogen-bond donors (Lipinski definition) is 1. The summed E-state index contributed by atoms with van der Waals surface area (Å²) in [4.78, 5) is 19.1. The lowest BCUT2D eigenvalue weighted by atomic mass is 9.56. The van der Waals surface area contributed by atoms with Gasteiger partial charge in [0.25, 0.3) is 0 Å². The molecule has 2 fully saturated rings. The zero-order valence-electron chi connectivity index (χ0n) is 16.4. The zero-order valence-corrected chi connectivity index (χ0v) is 16.4. The number of likely N-dealkylation sites (N-methyl/N-ethyl adjacent to an activating group) is 1. The number of nitrogens with one attached hydrogen (secondary N) is 1. The summed E-state index contributed by atoms with van der Waals surface area (Å²) in [5, 5.41) is 3.18. The molecule has 0 bridgehead atoms. The molecule has 6 heteroatoms. The number of ether oxygens (including phenoxy) is 1. The third-order valence-corrected chi connectivity index (χ3v) is 6.49. The molecule has 0 spiro atoms. The van der Waals surface area contributed by atoms with Gasteiger partial charge in [0.15, 0.2) is 0 Å². The molecule has 0 aromatic rings. The molecular formula is C18H36N4O2. The van der Waals surface area contributed by atoms with Crippen molar-refractivity contribution in [3.05, 3.63) is 0 Å². The number of carbonyl (C=O) groups excluding carboxylic acids is 1. The number of methoxy groups -OCH3 is 1. The van der Waals surface area contributed by atoms with Crippen molar-refractivity contribution in [1.29, 1.82) is 0 Å². The number of amides is 2. The standard InChI is InChI=1S/C18H36N4O2/c1-17(2)15(14-18(17,3)24-6)19-16(23)21(5)8-7-9-22-12-10-20(4)11-13-22/h15H,7-14H2,1-6H3,(H,19,23)/t15-,18-/m0/s1. The maximum atomic E-state index is 12.4. The zero-order chi connectivity index (χ0) is 18.0. The minimum atomic E-state index is -0.148. The lowest BCUT2D eigenvalue weighted by Gasteiger charge is -2.59. The molecule has 1 saturated heterocycles. The van der Waals surface area contributed by atoms with E-state index in [0.717, 1.165) is 52.1 Å². The van der Waals surface area contributed by atoms with Crippen molar-refractivity contribution < 1.29 is 9.53 Å². The van der Waals surface area contributed by atoms with Crippen LogP contribution in [0.4, 0.5) is 4.79 Å². The molecule has 2 amide bonds. The van der Waals surface area contributed by atoms with Gasteiger partial charge in [0.1, 0.15) is 0 Å². The Bertz CT molecular complexity index is 435. The summed E-state index contributed by atoms with van der Waals surface area (Å²) in [5.74, 6) is 0. The number of urea groups is 1. The Morgan fingerprint density at radius 3 is 2.42 bits per heavy atom. The van der Waals surface area contributed by atoms with E-state index >= 15 is 0 Å². The third-order valence-electron chi connectivity index (χ3n) is 6.49. The Hall–Kier alpha value is -0.850. The Morgan fingerprint density at radius 2 is 1.88 bits per heavy atom. The van der Waals surface area contributed by atoms with Gasteiger partial charge < -0.3 is 24.8 Å². The van der Waals surface area contributed by atoms with E-state index < -0.39 is 0 Å². The van der Waals surface area contributed by atoms with Crippen molar-refractivity contribution in [2.45, 2.75) is 45.3 Å². The van der Waals surface area contributed by atoms with Crippen LogP contribution in [-0.2, 0) is 4.74 Å². The average Bonchev–Trinajstić information content (AvgIpc) is 2.55. The highest BCUT2D eigenvalue weighted by Crippen LogP contribution is 2.51. The minimum absolute atomic E-state index is 0.0320. The van der Waals surface area contributed by atoms with E-state index in [1.165, 1.54) is 0 Å². The molecule has 1 saturated carbocycles. The number of carbonyl (C=O) groups is 1. The van der Waals surface area contributed by atoms with Gasteiger partial charge in [-0.1, -0.05) is 13.8 Å². The lowest BCUT2D eigenvalue weighted by molar-refractivity contribution is -0.177. The first-order valence-electron chi connectivity index (χ1n) is 9.17. The Morgan fingerprint density at radius 1 is 1.25 bits per heavy atom. The molecule has 140 valence electrons. The van der Waals surface area contributed by atoms with E-state index in [1.54, 1.807) is 7.11 Å². The van der Waals surface area contributed by atoms with Gasteiger partial charge in [0.05, 0.1) is 5.60 Å². The normalized spacial score (nSPS) is 30.7. The first kappa shape index (κ1) is 19.5. The summed E-state index contributed by atoms with van der Waals surface area (Å²) in [6.07, 6.45) is 1.90. The number of rotatable bonds is 6. The third kappa shape index (κ3) is 4.03. The molecular weight excluding hydrogens is 304 g/mol. The number of piperazine rings is 1.